The van der Waals surface area contributed by atoms with Crippen molar-refractivity contribution in [2.45, 2.75) is 6.42 Å². The van der Waals surface area contributed by atoms with Gasteiger partial charge in [0.1, 0.15) is 11.0 Å². The van der Waals surface area contributed by atoms with Gasteiger partial charge in [0.15, 0.2) is 0 Å². The van der Waals surface area contributed by atoms with Crippen LogP contribution in [-0.2, 0) is 0 Å². The van der Waals surface area contributed by atoms with E-state index in [9.17, 15) is 0 Å². The highest BCUT2D eigenvalue weighted by atomic mass is 35.5. The van der Waals surface area contributed by atoms with Gasteiger partial charge in [-0.25, -0.2) is 15.0 Å². The fourth-order valence-corrected chi connectivity index (χ4v) is 3.16. The molecule has 122 valence electrons. The predicted octanol–water partition coefficient (Wildman–Crippen LogP) is 3.01. The van der Waals surface area contributed by atoms with E-state index in [1.54, 1.807) is 24.7 Å². The zero-order valence-corrected chi connectivity index (χ0v) is 13.8. The van der Waals surface area contributed by atoms with Crippen molar-refractivity contribution >= 4 is 34.3 Å². The molecule has 0 saturated carbocycles. The van der Waals surface area contributed by atoms with Crippen LogP contribution in [0.1, 0.15) is 6.42 Å². The SMILES string of the molecule is Clc1cc2ncccc2c(N2CC(CCNc3ncccn3)C2)n1. The van der Waals surface area contributed by atoms with E-state index in [0.29, 0.717) is 17.0 Å². The minimum Gasteiger partial charge on any atom is -0.355 e. The van der Waals surface area contributed by atoms with E-state index in [1.165, 1.54) is 0 Å². The summed E-state index contributed by atoms with van der Waals surface area (Å²) in [6.07, 6.45) is 6.33. The topological polar surface area (TPSA) is 66.8 Å². The fraction of sp³-hybridized carbons (Fsp3) is 0.294. The van der Waals surface area contributed by atoms with Crippen molar-refractivity contribution in [3.05, 3.63) is 48.0 Å². The van der Waals surface area contributed by atoms with Crippen molar-refractivity contribution in [1.82, 2.24) is 19.9 Å². The van der Waals surface area contributed by atoms with Crippen LogP contribution < -0.4 is 10.2 Å². The van der Waals surface area contributed by atoms with Crippen molar-refractivity contribution in [1.29, 1.82) is 0 Å². The van der Waals surface area contributed by atoms with E-state index in [2.05, 4.69) is 30.2 Å². The molecule has 1 aliphatic rings. The maximum absolute atomic E-state index is 6.14. The summed E-state index contributed by atoms with van der Waals surface area (Å²) >= 11 is 6.14. The number of halogens is 1. The van der Waals surface area contributed by atoms with Gasteiger partial charge in [0.05, 0.1) is 5.52 Å². The monoisotopic (exact) mass is 340 g/mol. The first-order chi connectivity index (χ1) is 11.8. The highest BCUT2D eigenvalue weighted by molar-refractivity contribution is 6.30. The van der Waals surface area contributed by atoms with E-state index in [4.69, 9.17) is 11.6 Å². The van der Waals surface area contributed by atoms with Gasteiger partial charge in [0.2, 0.25) is 5.95 Å². The summed E-state index contributed by atoms with van der Waals surface area (Å²) in [7, 11) is 0. The van der Waals surface area contributed by atoms with E-state index < -0.39 is 0 Å². The van der Waals surface area contributed by atoms with Crippen LogP contribution in [0.15, 0.2) is 42.9 Å². The van der Waals surface area contributed by atoms with Crippen molar-refractivity contribution in [2.75, 3.05) is 29.9 Å². The lowest BCUT2D eigenvalue weighted by molar-refractivity contribution is 0.391. The smallest absolute Gasteiger partial charge is 0.222 e. The minimum atomic E-state index is 0.488. The van der Waals surface area contributed by atoms with E-state index >= 15 is 0 Å². The normalized spacial score (nSPS) is 14.6. The first-order valence-electron chi connectivity index (χ1n) is 7.97. The Morgan fingerprint density at radius 3 is 2.75 bits per heavy atom. The molecule has 4 heterocycles. The highest BCUT2D eigenvalue weighted by Gasteiger charge is 2.28. The summed E-state index contributed by atoms with van der Waals surface area (Å²) < 4.78 is 0. The zero-order valence-electron chi connectivity index (χ0n) is 13.1. The average molecular weight is 341 g/mol. The van der Waals surface area contributed by atoms with E-state index in [1.807, 2.05) is 18.2 Å². The Hall–Kier alpha value is -2.47. The summed E-state index contributed by atoms with van der Waals surface area (Å²) in [6, 6.07) is 7.60. The minimum absolute atomic E-state index is 0.488. The molecule has 7 heteroatoms. The lowest BCUT2D eigenvalue weighted by Gasteiger charge is -2.40. The molecule has 0 aliphatic carbocycles. The first-order valence-corrected chi connectivity index (χ1v) is 8.34. The van der Waals surface area contributed by atoms with Gasteiger partial charge in [0, 0.05) is 49.7 Å². The molecule has 1 saturated heterocycles. The van der Waals surface area contributed by atoms with Gasteiger partial charge < -0.3 is 10.2 Å². The predicted molar refractivity (Wildman–Crippen MR) is 95.4 cm³/mol. The van der Waals surface area contributed by atoms with Crippen molar-refractivity contribution in [2.24, 2.45) is 5.92 Å². The molecular weight excluding hydrogens is 324 g/mol. The molecule has 1 N–H and O–H groups in total. The van der Waals surface area contributed by atoms with Crippen LogP contribution in [0.4, 0.5) is 11.8 Å². The number of rotatable bonds is 5. The zero-order chi connectivity index (χ0) is 16.4. The van der Waals surface area contributed by atoms with Gasteiger partial charge in [0.25, 0.3) is 0 Å². The Kier molecular flexibility index (Phi) is 4.13. The van der Waals surface area contributed by atoms with Crippen LogP contribution in [0.5, 0.6) is 0 Å². The summed E-state index contributed by atoms with van der Waals surface area (Å²) in [4.78, 5) is 19.5. The van der Waals surface area contributed by atoms with Gasteiger partial charge in [-0.1, -0.05) is 11.6 Å². The molecule has 0 bridgehead atoms. The second kappa shape index (κ2) is 6.57. The molecule has 0 atom stereocenters. The van der Waals surface area contributed by atoms with E-state index in [0.717, 1.165) is 42.8 Å². The Morgan fingerprint density at radius 2 is 1.92 bits per heavy atom. The largest absolute Gasteiger partial charge is 0.355 e. The maximum atomic E-state index is 6.14. The number of fused-ring (bicyclic) bond motifs is 1. The third kappa shape index (κ3) is 3.10. The molecule has 0 spiro atoms. The number of anilines is 2. The molecule has 3 aromatic rings. The molecule has 0 unspecified atom stereocenters. The number of hydrogen-bond donors (Lipinski definition) is 1. The van der Waals surface area contributed by atoms with Crippen LogP contribution in [0.2, 0.25) is 5.15 Å². The first kappa shape index (κ1) is 15.1. The summed E-state index contributed by atoms with van der Waals surface area (Å²) in [5.41, 5.74) is 0.888. The van der Waals surface area contributed by atoms with Gasteiger partial charge in [-0.2, -0.15) is 0 Å². The number of nitrogens with zero attached hydrogens (tertiary/aromatic N) is 5. The molecule has 0 radical (unpaired) electrons. The highest BCUT2D eigenvalue weighted by Crippen LogP contribution is 2.31. The molecule has 4 rings (SSSR count). The van der Waals surface area contributed by atoms with Gasteiger partial charge in [-0.3, -0.25) is 4.98 Å². The molecule has 6 nitrogen and oxygen atoms in total. The van der Waals surface area contributed by atoms with Crippen molar-refractivity contribution in [3.63, 3.8) is 0 Å². The second-order valence-electron chi connectivity index (χ2n) is 5.90. The number of nitrogens with one attached hydrogen (secondary N) is 1. The third-order valence-electron chi connectivity index (χ3n) is 4.21. The summed E-state index contributed by atoms with van der Waals surface area (Å²) in [5, 5.41) is 4.79. The average Bonchev–Trinajstić information content (AvgIpc) is 2.57. The Labute approximate surface area is 144 Å². The number of aromatic nitrogens is 4. The Balaban J connectivity index is 1.36. The van der Waals surface area contributed by atoms with Gasteiger partial charge in [-0.05, 0) is 30.5 Å². The molecule has 0 aromatic carbocycles. The lowest BCUT2D eigenvalue weighted by atomic mass is 9.96. The van der Waals surface area contributed by atoms with Crippen LogP contribution in [0.25, 0.3) is 10.9 Å². The lowest BCUT2D eigenvalue weighted by Crippen LogP contribution is -2.47. The van der Waals surface area contributed by atoms with Gasteiger partial charge >= 0.3 is 0 Å². The second-order valence-corrected chi connectivity index (χ2v) is 6.28. The Bertz CT molecular complexity index is 835. The quantitative estimate of drug-likeness (QED) is 0.720. The molecular formula is C17H17ClN6. The van der Waals surface area contributed by atoms with Crippen LogP contribution >= 0.6 is 11.6 Å². The van der Waals surface area contributed by atoms with Gasteiger partial charge in [-0.15, -0.1) is 0 Å². The molecule has 1 aliphatic heterocycles. The number of pyridine rings is 2. The summed E-state index contributed by atoms with van der Waals surface area (Å²) in [5.74, 6) is 2.25. The van der Waals surface area contributed by atoms with Crippen LogP contribution in [0, 0.1) is 5.92 Å². The molecule has 1 fully saturated rings. The van der Waals surface area contributed by atoms with Crippen LogP contribution in [-0.4, -0.2) is 39.6 Å². The Morgan fingerprint density at radius 1 is 1.12 bits per heavy atom. The van der Waals surface area contributed by atoms with Crippen LogP contribution in [0.3, 0.4) is 0 Å². The summed E-state index contributed by atoms with van der Waals surface area (Å²) in [6.45, 7) is 2.83. The fourth-order valence-electron chi connectivity index (χ4n) is 2.97. The molecule has 3 aromatic heterocycles. The standard InChI is InChI=1S/C17H17ClN6/c18-15-9-14-13(3-1-5-19-14)16(23-15)24-10-12(11-24)4-8-22-17-20-6-2-7-21-17/h1-3,5-7,9,12H,4,8,10-11H2,(H,20,21,22). The van der Waals surface area contributed by atoms with E-state index in [-0.39, 0.29) is 0 Å². The molecule has 0 amide bonds. The maximum Gasteiger partial charge on any atom is 0.222 e. The van der Waals surface area contributed by atoms with Crippen molar-refractivity contribution < 1.29 is 0 Å². The number of hydrogen-bond acceptors (Lipinski definition) is 6. The molecule has 24 heavy (non-hydrogen) atoms. The third-order valence-corrected chi connectivity index (χ3v) is 4.40. The van der Waals surface area contributed by atoms with Crippen molar-refractivity contribution in [3.8, 4) is 0 Å².